The van der Waals surface area contributed by atoms with Crippen molar-refractivity contribution < 1.29 is 14.5 Å². The molecule has 0 aromatic heterocycles. The lowest BCUT2D eigenvalue weighted by Crippen LogP contribution is -2.64. The lowest BCUT2D eigenvalue weighted by molar-refractivity contribution is -0.128. The number of rotatable bonds is 4. The van der Waals surface area contributed by atoms with Crippen LogP contribution < -0.4 is 22.2 Å². The van der Waals surface area contributed by atoms with Crippen LogP contribution in [-0.4, -0.2) is 36.2 Å². The Hall–Kier alpha value is -1.41. The lowest BCUT2D eigenvalue weighted by Gasteiger charge is -2.53. The molecule has 1 aliphatic carbocycles. The first kappa shape index (κ1) is 16.5. The summed E-state index contributed by atoms with van der Waals surface area (Å²) < 4.78 is 5.50. The van der Waals surface area contributed by atoms with Crippen LogP contribution in [0.25, 0.3) is 0 Å². The summed E-state index contributed by atoms with van der Waals surface area (Å²) in [6.45, 7) is 4.26. The third-order valence-electron chi connectivity index (χ3n) is 5.01. The van der Waals surface area contributed by atoms with Gasteiger partial charge in [-0.1, -0.05) is 31.2 Å². The molecule has 124 valence electrons. The molecule has 2 aliphatic rings. The Morgan fingerprint density at radius 3 is 2.78 bits per heavy atom. The summed E-state index contributed by atoms with van der Waals surface area (Å²) in [5, 5.41) is 12.7. The van der Waals surface area contributed by atoms with Crippen molar-refractivity contribution in [1.29, 1.82) is 0 Å². The van der Waals surface area contributed by atoms with Gasteiger partial charge in [0.05, 0.1) is 12.1 Å². The lowest BCUT2D eigenvalue weighted by atomic mass is 9.56. The summed E-state index contributed by atoms with van der Waals surface area (Å²) in [6, 6.07) is 6.86. The molecular weight excluding hydrogens is 293 g/mol. The predicted molar refractivity (Wildman–Crippen MR) is 88.8 cm³/mol. The second-order valence-corrected chi connectivity index (χ2v) is 7.49. The highest BCUT2D eigenvalue weighted by molar-refractivity contribution is 6.61. The van der Waals surface area contributed by atoms with Gasteiger partial charge in [-0.2, -0.15) is 0 Å². The SMILES string of the molecule is CC1(N)CC(C)(C(N)C(=O)NCC2OB(O)c3ccccc32)C1. The van der Waals surface area contributed by atoms with Gasteiger partial charge in [-0.3, -0.25) is 4.79 Å². The fourth-order valence-corrected chi connectivity index (χ4v) is 4.12. The predicted octanol–water partition coefficient (Wildman–Crippen LogP) is -0.594. The summed E-state index contributed by atoms with van der Waals surface area (Å²) in [6.07, 6.45) is 1.11. The van der Waals surface area contributed by atoms with E-state index >= 15 is 0 Å². The minimum absolute atomic E-state index is 0.203. The Bertz CT molecular complexity index is 614. The third-order valence-corrected chi connectivity index (χ3v) is 5.01. The molecule has 1 saturated carbocycles. The minimum Gasteiger partial charge on any atom is -0.423 e. The van der Waals surface area contributed by atoms with Crippen LogP contribution in [-0.2, 0) is 9.45 Å². The maximum absolute atomic E-state index is 12.3. The van der Waals surface area contributed by atoms with E-state index in [1.807, 2.05) is 38.1 Å². The van der Waals surface area contributed by atoms with Crippen LogP contribution in [0, 0.1) is 5.41 Å². The highest BCUT2D eigenvalue weighted by Gasteiger charge is 2.52. The van der Waals surface area contributed by atoms with Crippen molar-refractivity contribution in [1.82, 2.24) is 5.32 Å². The Labute approximate surface area is 136 Å². The Morgan fingerprint density at radius 1 is 1.48 bits per heavy atom. The summed E-state index contributed by atoms with van der Waals surface area (Å²) >= 11 is 0. The maximum Gasteiger partial charge on any atom is 0.492 e. The van der Waals surface area contributed by atoms with E-state index in [0.717, 1.165) is 23.9 Å². The molecule has 1 fully saturated rings. The van der Waals surface area contributed by atoms with Gasteiger partial charge in [-0.25, -0.2) is 0 Å². The van der Waals surface area contributed by atoms with Gasteiger partial charge in [-0.05, 0) is 36.2 Å². The second-order valence-electron chi connectivity index (χ2n) is 7.49. The van der Waals surface area contributed by atoms with E-state index in [1.165, 1.54) is 0 Å². The van der Waals surface area contributed by atoms with Gasteiger partial charge >= 0.3 is 7.12 Å². The number of hydrogen-bond acceptors (Lipinski definition) is 5. The summed E-state index contributed by atoms with van der Waals surface area (Å²) in [5.41, 5.74) is 13.3. The molecule has 3 rings (SSSR count). The standard InChI is InChI=1S/C16H24BN3O3/c1-15(8-16(2,19)9-15)13(18)14(21)20-7-12-10-5-3-4-6-11(10)17(22)23-12/h3-6,12-13,22H,7-9,18-19H2,1-2H3,(H,20,21). The van der Waals surface area contributed by atoms with Gasteiger partial charge in [0.15, 0.2) is 0 Å². The van der Waals surface area contributed by atoms with Crippen LogP contribution >= 0.6 is 0 Å². The zero-order chi connectivity index (χ0) is 16.8. The van der Waals surface area contributed by atoms with Crippen LogP contribution in [0.15, 0.2) is 24.3 Å². The van der Waals surface area contributed by atoms with E-state index in [1.54, 1.807) is 0 Å². The smallest absolute Gasteiger partial charge is 0.423 e. The Balaban J connectivity index is 1.58. The van der Waals surface area contributed by atoms with Gasteiger partial charge in [0.2, 0.25) is 5.91 Å². The zero-order valence-electron chi connectivity index (χ0n) is 13.6. The Kier molecular flexibility index (Phi) is 4.00. The normalized spacial score (nSPS) is 33.8. The van der Waals surface area contributed by atoms with Crippen LogP contribution in [0.2, 0.25) is 0 Å². The van der Waals surface area contributed by atoms with Crippen molar-refractivity contribution in [3.05, 3.63) is 29.8 Å². The molecule has 1 aliphatic heterocycles. The molecule has 1 amide bonds. The van der Waals surface area contributed by atoms with Crippen LogP contribution in [0.4, 0.5) is 0 Å². The summed E-state index contributed by atoms with van der Waals surface area (Å²) in [7, 11) is -0.941. The molecule has 6 nitrogen and oxygen atoms in total. The molecule has 0 spiro atoms. The van der Waals surface area contributed by atoms with Gasteiger partial charge in [0.25, 0.3) is 0 Å². The van der Waals surface area contributed by atoms with Crippen LogP contribution in [0.3, 0.4) is 0 Å². The summed E-state index contributed by atoms with van der Waals surface area (Å²) in [5.74, 6) is -0.203. The van der Waals surface area contributed by atoms with E-state index in [-0.39, 0.29) is 29.5 Å². The van der Waals surface area contributed by atoms with Crippen molar-refractivity contribution in [3.8, 4) is 0 Å². The van der Waals surface area contributed by atoms with Crippen molar-refractivity contribution in [3.63, 3.8) is 0 Å². The Morgan fingerprint density at radius 2 is 2.13 bits per heavy atom. The fraction of sp³-hybridized carbons (Fsp3) is 0.562. The molecular formula is C16H24BN3O3. The fourth-order valence-electron chi connectivity index (χ4n) is 4.12. The molecule has 2 unspecified atom stereocenters. The number of carbonyl (C=O) groups excluding carboxylic acids is 1. The summed E-state index contributed by atoms with van der Waals surface area (Å²) in [4.78, 5) is 12.3. The quantitative estimate of drug-likeness (QED) is 0.555. The molecule has 6 N–H and O–H groups in total. The number of benzene rings is 1. The van der Waals surface area contributed by atoms with E-state index in [0.29, 0.717) is 0 Å². The number of hydrogen-bond donors (Lipinski definition) is 4. The van der Waals surface area contributed by atoms with Gasteiger partial charge in [0, 0.05) is 12.1 Å². The van der Waals surface area contributed by atoms with E-state index < -0.39 is 13.2 Å². The maximum atomic E-state index is 12.3. The first-order valence-electron chi connectivity index (χ1n) is 7.96. The van der Waals surface area contributed by atoms with Crippen molar-refractivity contribution >= 4 is 18.5 Å². The molecule has 1 heterocycles. The average molecular weight is 317 g/mol. The van der Waals surface area contributed by atoms with Crippen molar-refractivity contribution in [2.24, 2.45) is 16.9 Å². The molecule has 23 heavy (non-hydrogen) atoms. The molecule has 7 heteroatoms. The number of amides is 1. The number of nitrogens with two attached hydrogens (primary N) is 2. The molecule has 2 atom stereocenters. The molecule has 0 bridgehead atoms. The second kappa shape index (κ2) is 5.59. The number of nitrogens with one attached hydrogen (secondary N) is 1. The van der Waals surface area contributed by atoms with E-state index in [2.05, 4.69) is 5.32 Å². The van der Waals surface area contributed by atoms with Crippen LogP contribution in [0.5, 0.6) is 0 Å². The van der Waals surface area contributed by atoms with Gasteiger partial charge in [0.1, 0.15) is 0 Å². The zero-order valence-corrected chi connectivity index (χ0v) is 13.6. The minimum atomic E-state index is -0.941. The first-order chi connectivity index (χ1) is 10.7. The first-order valence-corrected chi connectivity index (χ1v) is 7.96. The average Bonchev–Trinajstić information content (AvgIpc) is 2.79. The van der Waals surface area contributed by atoms with E-state index in [9.17, 15) is 9.82 Å². The van der Waals surface area contributed by atoms with Gasteiger partial charge < -0.3 is 26.5 Å². The third kappa shape index (κ3) is 3.02. The topological polar surface area (TPSA) is 111 Å². The van der Waals surface area contributed by atoms with Crippen molar-refractivity contribution in [2.75, 3.05) is 6.54 Å². The van der Waals surface area contributed by atoms with Gasteiger partial charge in [-0.15, -0.1) is 0 Å². The number of fused-ring (bicyclic) bond motifs is 1. The molecule has 1 aromatic carbocycles. The van der Waals surface area contributed by atoms with Crippen LogP contribution in [0.1, 0.15) is 38.4 Å². The highest BCUT2D eigenvalue weighted by atomic mass is 16.5. The molecule has 1 aromatic rings. The highest BCUT2D eigenvalue weighted by Crippen LogP contribution is 2.48. The largest absolute Gasteiger partial charge is 0.492 e. The monoisotopic (exact) mass is 317 g/mol. The number of carbonyl (C=O) groups is 1. The molecule has 0 saturated heterocycles. The van der Waals surface area contributed by atoms with Crippen molar-refractivity contribution in [2.45, 2.75) is 44.4 Å². The molecule has 0 radical (unpaired) electrons. The van der Waals surface area contributed by atoms with E-state index in [4.69, 9.17) is 16.1 Å².